The summed E-state index contributed by atoms with van der Waals surface area (Å²) in [6.07, 6.45) is 0.806. The molecule has 1 atom stereocenters. The molecule has 0 bridgehead atoms. The molecule has 2 aromatic carbocycles. The predicted molar refractivity (Wildman–Crippen MR) is 80.3 cm³/mol. The lowest BCUT2D eigenvalue weighted by Crippen LogP contribution is -2.17. The van der Waals surface area contributed by atoms with Crippen LogP contribution in [0.3, 0.4) is 0 Å². The Hall–Kier alpha value is -1.22. The number of rotatable bonds is 4. The highest BCUT2D eigenvalue weighted by Crippen LogP contribution is 2.32. The second-order valence-corrected chi connectivity index (χ2v) is 5.35. The fourth-order valence-corrected chi connectivity index (χ4v) is 2.11. The van der Waals surface area contributed by atoms with E-state index in [1.54, 1.807) is 18.2 Å². The van der Waals surface area contributed by atoms with E-state index in [2.05, 4.69) is 0 Å². The molecule has 1 unspecified atom stereocenters. The molecule has 0 fully saturated rings. The lowest BCUT2D eigenvalue weighted by molar-refractivity contribution is 0.482. The minimum absolute atomic E-state index is 0.116. The Kier molecular flexibility index (Phi) is 4.70. The first-order chi connectivity index (χ1) is 9.04. The van der Waals surface area contributed by atoms with E-state index in [1.807, 2.05) is 31.2 Å². The van der Waals surface area contributed by atoms with Crippen LogP contribution in [0.5, 0.6) is 11.5 Å². The molecule has 0 saturated heterocycles. The first-order valence-corrected chi connectivity index (χ1v) is 6.77. The average molecular weight is 296 g/mol. The van der Waals surface area contributed by atoms with E-state index in [1.165, 1.54) is 0 Å². The summed E-state index contributed by atoms with van der Waals surface area (Å²) in [7, 11) is 0. The third-order valence-corrected chi connectivity index (χ3v) is 3.12. The summed E-state index contributed by atoms with van der Waals surface area (Å²) in [6, 6.07) is 13.0. The van der Waals surface area contributed by atoms with Gasteiger partial charge in [0.05, 0.1) is 5.02 Å². The summed E-state index contributed by atoms with van der Waals surface area (Å²) in [6.45, 7) is 1.97. The molecule has 2 nitrogen and oxygen atoms in total. The van der Waals surface area contributed by atoms with E-state index in [0.29, 0.717) is 15.8 Å². The molecule has 0 radical (unpaired) electrons. The third kappa shape index (κ3) is 4.13. The molecule has 0 aliphatic rings. The fourth-order valence-electron chi connectivity index (χ4n) is 1.79. The Bertz CT molecular complexity index is 570. The van der Waals surface area contributed by atoms with Crippen molar-refractivity contribution in [1.29, 1.82) is 0 Å². The Morgan fingerprint density at radius 3 is 2.68 bits per heavy atom. The van der Waals surface area contributed by atoms with Crippen molar-refractivity contribution in [2.24, 2.45) is 5.73 Å². The molecule has 2 N–H and O–H groups in total. The van der Waals surface area contributed by atoms with Crippen molar-refractivity contribution in [2.75, 3.05) is 0 Å². The van der Waals surface area contributed by atoms with Crippen LogP contribution in [0.15, 0.2) is 42.5 Å². The number of hydrogen-bond acceptors (Lipinski definition) is 2. The van der Waals surface area contributed by atoms with E-state index in [9.17, 15) is 0 Å². The van der Waals surface area contributed by atoms with Crippen molar-refractivity contribution in [3.8, 4) is 11.5 Å². The molecule has 2 rings (SSSR count). The lowest BCUT2D eigenvalue weighted by atomic mass is 10.1. The van der Waals surface area contributed by atoms with E-state index < -0.39 is 0 Å². The first-order valence-electron chi connectivity index (χ1n) is 6.02. The Morgan fingerprint density at radius 2 is 1.95 bits per heavy atom. The van der Waals surface area contributed by atoms with Crippen molar-refractivity contribution in [3.63, 3.8) is 0 Å². The summed E-state index contributed by atoms with van der Waals surface area (Å²) in [4.78, 5) is 0. The SMILES string of the molecule is CC(N)Cc1cccc(Oc2cc(Cl)ccc2Cl)c1. The first kappa shape index (κ1) is 14.2. The molecule has 2 aromatic rings. The van der Waals surface area contributed by atoms with Crippen molar-refractivity contribution >= 4 is 23.2 Å². The molecule has 0 aromatic heterocycles. The van der Waals surface area contributed by atoms with Crippen LogP contribution in [0.4, 0.5) is 0 Å². The van der Waals surface area contributed by atoms with Crippen LogP contribution in [-0.2, 0) is 6.42 Å². The van der Waals surface area contributed by atoms with Gasteiger partial charge in [0.25, 0.3) is 0 Å². The normalized spacial score (nSPS) is 12.2. The zero-order chi connectivity index (χ0) is 13.8. The molecule has 0 amide bonds. The highest BCUT2D eigenvalue weighted by atomic mass is 35.5. The van der Waals surface area contributed by atoms with Gasteiger partial charge < -0.3 is 10.5 Å². The molecular weight excluding hydrogens is 281 g/mol. The highest BCUT2D eigenvalue weighted by molar-refractivity contribution is 6.34. The van der Waals surface area contributed by atoms with Crippen LogP contribution in [0.25, 0.3) is 0 Å². The van der Waals surface area contributed by atoms with Crippen LogP contribution in [-0.4, -0.2) is 6.04 Å². The molecular formula is C15H15Cl2NO. The maximum atomic E-state index is 6.07. The second kappa shape index (κ2) is 6.29. The van der Waals surface area contributed by atoms with Crippen molar-refractivity contribution < 1.29 is 4.74 Å². The van der Waals surface area contributed by atoms with E-state index in [4.69, 9.17) is 33.7 Å². The molecule has 0 aliphatic heterocycles. The Morgan fingerprint density at radius 1 is 1.16 bits per heavy atom. The monoisotopic (exact) mass is 295 g/mol. The van der Waals surface area contributed by atoms with E-state index >= 15 is 0 Å². The van der Waals surface area contributed by atoms with Crippen molar-refractivity contribution in [2.45, 2.75) is 19.4 Å². The van der Waals surface area contributed by atoms with Crippen LogP contribution >= 0.6 is 23.2 Å². The van der Waals surface area contributed by atoms with Crippen molar-refractivity contribution in [3.05, 3.63) is 58.1 Å². The lowest BCUT2D eigenvalue weighted by Gasteiger charge is -2.10. The topological polar surface area (TPSA) is 35.2 Å². The minimum atomic E-state index is 0.116. The van der Waals surface area contributed by atoms with Gasteiger partial charge in [-0.1, -0.05) is 35.3 Å². The summed E-state index contributed by atoms with van der Waals surface area (Å²) >= 11 is 12.0. The maximum absolute atomic E-state index is 6.07. The molecule has 0 spiro atoms. The van der Waals surface area contributed by atoms with Gasteiger partial charge in [-0.05, 0) is 43.2 Å². The standard InChI is InChI=1S/C15H15Cl2NO/c1-10(18)7-11-3-2-4-13(8-11)19-15-9-12(16)5-6-14(15)17/h2-6,8-10H,7,18H2,1H3. The quantitative estimate of drug-likeness (QED) is 0.889. The van der Waals surface area contributed by atoms with Gasteiger partial charge in [-0.15, -0.1) is 0 Å². The molecule has 0 aliphatic carbocycles. The maximum Gasteiger partial charge on any atom is 0.147 e. The van der Waals surface area contributed by atoms with Gasteiger partial charge in [-0.2, -0.15) is 0 Å². The highest BCUT2D eigenvalue weighted by Gasteiger charge is 2.05. The third-order valence-electron chi connectivity index (χ3n) is 2.58. The fraction of sp³-hybridized carbons (Fsp3) is 0.200. The van der Waals surface area contributed by atoms with Crippen molar-refractivity contribution in [1.82, 2.24) is 0 Å². The molecule has 0 heterocycles. The summed E-state index contributed by atoms with van der Waals surface area (Å²) in [5, 5.41) is 1.12. The number of halogens is 2. The number of benzene rings is 2. The molecule has 100 valence electrons. The van der Waals surface area contributed by atoms with Gasteiger partial charge >= 0.3 is 0 Å². The van der Waals surface area contributed by atoms with Gasteiger partial charge in [0.15, 0.2) is 0 Å². The minimum Gasteiger partial charge on any atom is -0.456 e. The van der Waals surface area contributed by atoms with Gasteiger partial charge in [-0.3, -0.25) is 0 Å². The van der Waals surface area contributed by atoms with Crippen LogP contribution < -0.4 is 10.5 Å². The second-order valence-electron chi connectivity index (χ2n) is 4.51. The van der Waals surface area contributed by atoms with E-state index in [-0.39, 0.29) is 6.04 Å². The largest absolute Gasteiger partial charge is 0.456 e. The Labute approximate surface area is 123 Å². The molecule has 19 heavy (non-hydrogen) atoms. The number of hydrogen-bond donors (Lipinski definition) is 1. The van der Waals surface area contributed by atoms with Crippen LogP contribution in [0.1, 0.15) is 12.5 Å². The number of ether oxygens (including phenoxy) is 1. The molecule has 4 heteroatoms. The Balaban J connectivity index is 2.21. The van der Waals surface area contributed by atoms with Gasteiger partial charge in [0, 0.05) is 17.1 Å². The van der Waals surface area contributed by atoms with Gasteiger partial charge in [0.1, 0.15) is 11.5 Å². The smallest absolute Gasteiger partial charge is 0.147 e. The number of nitrogens with two attached hydrogens (primary N) is 1. The van der Waals surface area contributed by atoms with Crippen LogP contribution in [0.2, 0.25) is 10.0 Å². The van der Waals surface area contributed by atoms with Gasteiger partial charge in [-0.25, -0.2) is 0 Å². The van der Waals surface area contributed by atoms with Gasteiger partial charge in [0.2, 0.25) is 0 Å². The van der Waals surface area contributed by atoms with E-state index in [0.717, 1.165) is 17.7 Å². The molecule has 0 saturated carbocycles. The predicted octanol–water partition coefficient (Wildman–Crippen LogP) is 4.68. The average Bonchev–Trinajstić information content (AvgIpc) is 2.33. The summed E-state index contributed by atoms with van der Waals surface area (Å²) < 4.78 is 5.75. The van der Waals surface area contributed by atoms with Crippen LogP contribution in [0, 0.1) is 0 Å². The zero-order valence-electron chi connectivity index (χ0n) is 10.6. The summed E-state index contributed by atoms with van der Waals surface area (Å²) in [5.74, 6) is 1.27. The zero-order valence-corrected chi connectivity index (χ0v) is 12.1. The summed E-state index contributed by atoms with van der Waals surface area (Å²) in [5.41, 5.74) is 6.92.